The molecule has 1 saturated heterocycles. The topological polar surface area (TPSA) is 27.5 Å². The van der Waals surface area contributed by atoms with E-state index in [4.69, 9.17) is 0 Å². The van der Waals surface area contributed by atoms with Gasteiger partial charge in [-0.25, -0.2) is 8.78 Å². The van der Waals surface area contributed by atoms with Crippen molar-refractivity contribution in [1.29, 1.82) is 0 Å². The summed E-state index contributed by atoms with van der Waals surface area (Å²) in [5, 5.41) is 7.57. The monoisotopic (exact) mass is 383 g/mol. The first kappa shape index (κ1) is 17.6. The van der Waals surface area contributed by atoms with E-state index in [1.54, 1.807) is 30.5 Å². The summed E-state index contributed by atoms with van der Waals surface area (Å²) in [7, 11) is 0. The van der Waals surface area contributed by atoms with Crippen LogP contribution in [0.3, 0.4) is 0 Å². The Hall–Kier alpha value is -2.51. The molecule has 0 radical (unpaired) electrons. The molecule has 0 unspecified atom stereocenters. The van der Waals surface area contributed by atoms with Crippen molar-refractivity contribution < 1.29 is 8.78 Å². The second-order valence-electron chi connectivity index (χ2n) is 7.66. The average molecular weight is 383 g/mol. The molecule has 0 bridgehead atoms. The van der Waals surface area contributed by atoms with Crippen LogP contribution in [-0.2, 0) is 13.1 Å². The Morgan fingerprint density at radius 2 is 1.50 bits per heavy atom. The SMILES string of the molecule is Fc1ccc2c(c1)CN(CCN1CCN(n3ncc4ccc(F)cc43)CC1)C2. The fraction of sp³-hybridized carbons (Fsp3) is 0.381. The number of halogens is 2. The fourth-order valence-corrected chi connectivity index (χ4v) is 4.23. The van der Waals surface area contributed by atoms with Crippen molar-refractivity contribution in [2.24, 2.45) is 0 Å². The molecule has 0 amide bonds. The molecular formula is C21H23F2N5. The summed E-state index contributed by atoms with van der Waals surface area (Å²) >= 11 is 0. The molecule has 0 spiro atoms. The Morgan fingerprint density at radius 3 is 2.36 bits per heavy atom. The van der Waals surface area contributed by atoms with E-state index in [9.17, 15) is 8.78 Å². The van der Waals surface area contributed by atoms with Crippen molar-refractivity contribution in [3.63, 3.8) is 0 Å². The number of benzene rings is 2. The highest BCUT2D eigenvalue weighted by Gasteiger charge is 2.22. The van der Waals surface area contributed by atoms with Crippen LogP contribution in [0.2, 0.25) is 0 Å². The van der Waals surface area contributed by atoms with Gasteiger partial charge in [0.1, 0.15) is 11.6 Å². The van der Waals surface area contributed by atoms with E-state index in [1.807, 2.05) is 10.9 Å². The van der Waals surface area contributed by atoms with E-state index < -0.39 is 0 Å². The van der Waals surface area contributed by atoms with E-state index in [-0.39, 0.29) is 11.6 Å². The van der Waals surface area contributed by atoms with Crippen molar-refractivity contribution in [1.82, 2.24) is 19.7 Å². The number of hydrogen-bond donors (Lipinski definition) is 0. The van der Waals surface area contributed by atoms with Crippen LogP contribution in [-0.4, -0.2) is 59.0 Å². The first-order valence-electron chi connectivity index (χ1n) is 9.76. The third-order valence-corrected chi connectivity index (χ3v) is 5.82. The Bertz CT molecular complexity index is 994. The largest absolute Gasteiger partial charge is 0.298 e. The number of nitrogens with zero attached hydrogens (tertiary/aromatic N) is 5. The first-order chi connectivity index (χ1) is 13.7. The lowest BCUT2D eigenvalue weighted by Crippen LogP contribution is -2.52. The van der Waals surface area contributed by atoms with Gasteiger partial charge < -0.3 is 0 Å². The second kappa shape index (κ2) is 7.14. The van der Waals surface area contributed by atoms with E-state index >= 15 is 0 Å². The van der Waals surface area contributed by atoms with Crippen LogP contribution in [0, 0.1) is 11.6 Å². The molecule has 0 N–H and O–H groups in total. The van der Waals surface area contributed by atoms with E-state index in [1.165, 1.54) is 11.6 Å². The molecule has 28 heavy (non-hydrogen) atoms. The Balaban J connectivity index is 1.15. The summed E-state index contributed by atoms with van der Waals surface area (Å²) in [6, 6.07) is 9.89. The van der Waals surface area contributed by atoms with Gasteiger partial charge in [-0.05, 0) is 35.4 Å². The quantitative estimate of drug-likeness (QED) is 0.692. The molecule has 3 aromatic rings. The second-order valence-corrected chi connectivity index (χ2v) is 7.66. The smallest absolute Gasteiger partial charge is 0.125 e. The van der Waals surface area contributed by atoms with Gasteiger partial charge in [0.15, 0.2) is 0 Å². The molecule has 2 aliphatic rings. The van der Waals surface area contributed by atoms with Crippen LogP contribution in [0.5, 0.6) is 0 Å². The zero-order chi connectivity index (χ0) is 19.1. The summed E-state index contributed by atoms with van der Waals surface area (Å²) in [6.07, 6.45) is 1.79. The molecule has 5 rings (SSSR count). The molecule has 0 saturated carbocycles. The van der Waals surface area contributed by atoms with Gasteiger partial charge in [0, 0.05) is 63.8 Å². The molecule has 5 nitrogen and oxygen atoms in total. The Labute approximate surface area is 162 Å². The highest BCUT2D eigenvalue weighted by atomic mass is 19.1. The lowest BCUT2D eigenvalue weighted by Gasteiger charge is -2.36. The van der Waals surface area contributed by atoms with Crippen LogP contribution < -0.4 is 5.01 Å². The van der Waals surface area contributed by atoms with Gasteiger partial charge in [-0.3, -0.25) is 14.8 Å². The number of fused-ring (bicyclic) bond motifs is 2. The van der Waals surface area contributed by atoms with Crippen LogP contribution in [0.4, 0.5) is 8.78 Å². The number of aromatic nitrogens is 2. The predicted octanol–water partition coefficient (Wildman–Crippen LogP) is 2.58. The van der Waals surface area contributed by atoms with Crippen molar-refractivity contribution in [3.8, 4) is 0 Å². The predicted molar refractivity (Wildman–Crippen MR) is 105 cm³/mol. The summed E-state index contributed by atoms with van der Waals surface area (Å²) in [5.41, 5.74) is 3.17. The van der Waals surface area contributed by atoms with Gasteiger partial charge in [0.2, 0.25) is 0 Å². The van der Waals surface area contributed by atoms with Gasteiger partial charge in [-0.2, -0.15) is 9.89 Å². The lowest BCUT2D eigenvalue weighted by atomic mass is 10.1. The molecular weight excluding hydrogens is 360 g/mol. The normalized spacial score (nSPS) is 18.1. The van der Waals surface area contributed by atoms with Gasteiger partial charge in [-0.15, -0.1) is 0 Å². The fourth-order valence-electron chi connectivity index (χ4n) is 4.23. The van der Waals surface area contributed by atoms with E-state index in [0.717, 1.165) is 68.8 Å². The Morgan fingerprint density at radius 1 is 0.786 bits per heavy atom. The van der Waals surface area contributed by atoms with Crippen LogP contribution in [0.1, 0.15) is 11.1 Å². The van der Waals surface area contributed by atoms with Gasteiger partial charge >= 0.3 is 0 Å². The molecule has 1 fully saturated rings. The average Bonchev–Trinajstić information content (AvgIpc) is 3.29. The minimum atomic E-state index is -0.237. The molecule has 0 aliphatic carbocycles. The number of rotatable bonds is 4. The van der Waals surface area contributed by atoms with Crippen molar-refractivity contribution in [2.45, 2.75) is 13.1 Å². The van der Waals surface area contributed by atoms with Crippen molar-refractivity contribution in [3.05, 3.63) is 65.4 Å². The van der Waals surface area contributed by atoms with Gasteiger partial charge in [0.25, 0.3) is 0 Å². The van der Waals surface area contributed by atoms with Crippen molar-refractivity contribution >= 4 is 10.9 Å². The highest BCUT2D eigenvalue weighted by Crippen LogP contribution is 2.23. The molecule has 7 heteroatoms. The molecule has 3 heterocycles. The molecule has 0 atom stereocenters. The zero-order valence-electron chi connectivity index (χ0n) is 15.7. The van der Waals surface area contributed by atoms with E-state index in [2.05, 4.69) is 19.9 Å². The van der Waals surface area contributed by atoms with Crippen LogP contribution >= 0.6 is 0 Å². The maximum absolute atomic E-state index is 13.6. The van der Waals surface area contributed by atoms with Crippen LogP contribution in [0.25, 0.3) is 10.9 Å². The third-order valence-electron chi connectivity index (χ3n) is 5.82. The number of hydrogen-bond acceptors (Lipinski definition) is 4. The first-order valence-corrected chi connectivity index (χ1v) is 9.76. The summed E-state index contributed by atoms with van der Waals surface area (Å²) in [6.45, 7) is 7.33. The molecule has 1 aromatic heterocycles. The third kappa shape index (κ3) is 3.36. The van der Waals surface area contributed by atoms with Gasteiger partial charge in [0.05, 0.1) is 11.7 Å². The lowest BCUT2D eigenvalue weighted by molar-refractivity contribution is 0.188. The minimum absolute atomic E-state index is 0.150. The van der Waals surface area contributed by atoms with Gasteiger partial charge in [-0.1, -0.05) is 6.07 Å². The highest BCUT2D eigenvalue weighted by molar-refractivity contribution is 5.78. The molecule has 146 valence electrons. The molecule has 2 aliphatic heterocycles. The summed E-state index contributed by atoms with van der Waals surface area (Å²) in [4.78, 5) is 6.66. The summed E-state index contributed by atoms with van der Waals surface area (Å²) < 4.78 is 27.0. The Kier molecular flexibility index (Phi) is 4.49. The minimum Gasteiger partial charge on any atom is -0.298 e. The van der Waals surface area contributed by atoms with E-state index in [0.29, 0.717) is 0 Å². The standard InChI is InChI=1S/C21H23F2N5/c22-19-4-2-17-14-26(15-18(17)11-19)6-5-25-7-9-27(10-8-25)28-21-12-20(23)3-1-16(21)13-24-28/h1-4,11-13H,5-10,14-15H2. The number of piperazine rings is 1. The maximum Gasteiger partial charge on any atom is 0.125 e. The van der Waals surface area contributed by atoms with Crippen molar-refractivity contribution in [2.75, 3.05) is 44.3 Å². The molecule has 2 aromatic carbocycles. The van der Waals surface area contributed by atoms with Crippen LogP contribution in [0.15, 0.2) is 42.6 Å². The summed E-state index contributed by atoms with van der Waals surface area (Å²) in [5.74, 6) is -0.387. The maximum atomic E-state index is 13.6. The zero-order valence-corrected chi connectivity index (χ0v) is 15.7.